The van der Waals surface area contributed by atoms with Crippen molar-refractivity contribution in [1.82, 2.24) is 10.2 Å². The van der Waals surface area contributed by atoms with Crippen LogP contribution in [0.4, 0.5) is 9.18 Å². The van der Waals surface area contributed by atoms with Crippen LogP contribution in [-0.4, -0.2) is 36.2 Å². The summed E-state index contributed by atoms with van der Waals surface area (Å²) >= 11 is 0. The van der Waals surface area contributed by atoms with E-state index in [-0.39, 0.29) is 11.9 Å². The lowest BCUT2D eigenvalue weighted by atomic mass is 9.88. The number of hydrogen-bond donors (Lipinski definition) is 1. The van der Waals surface area contributed by atoms with Crippen LogP contribution in [-0.2, 0) is 11.3 Å². The summed E-state index contributed by atoms with van der Waals surface area (Å²) in [5.74, 6) is 0.0711. The monoisotopic (exact) mass is 278 g/mol. The molecule has 0 aromatic heterocycles. The summed E-state index contributed by atoms with van der Waals surface area (Å²) in [5, 5.41) is 3.30. The average Bonchev–Trinajstić information content (AvgIpc) is 3.00. The number of hydrogen-bond acceptors (Lipinski definition) is 3. The Labute approximate surface area is 117 Å². The van der Waals surface area contributed by atoms with Gasteiger partial charge in [0.2, 0.25) is 0 Å². The van der Waals surface area contributed by atoms with Gasteiger partial charge in [-0.25, -0.2) is 9.18 Å². The molecule has 4 nitrogen and oxygen atoms in total. The SMILES string of the molecule is CC1(C2CCNC2)CN(Cc2cccc(F)c2)C(=O)O1. The van der Waals surface area contributed by atoms with E-state index in [4.69, 9.17) is 4.74 Å². The van der Waals surface area contributed by atoms with E-state index in [9.17, 15) is 9.18 Å². The van der Waals surface area contributed by atoms with Gasteiger partial charge in [-0.15, -0.1) is 0 Å². The van der Waals surface area contributed by atoms with Crippen LogP contribution in [0.25, 0.3) is 0 Å². The minimum Gasteiger partial charge on any atom is -0.441 e. The summed E-state index contributed by atoms with van der Waals surface area (Å²) in [5.41, 5.74) is 0.351. The Bertz CT molecular complexity index is 516. The highest BCUT2D eigenvalue weighted by atomic mass is 19.1. The molecule has 2 saturated heterocycles. The first-order valence-corrected chi connectivity index (χ1v) is 7.00. The molecule has 1 N–H and O–H groups in total. The Balaban J connectivity index is 1.70. The van der Waals surface area contributed by atoms with Gasteiger partial charge in [0, 0.05) is 19.0 Å². The Morgan fingerprint density at radius 1 is 1.55 bits per heavy atom. The molecular weight excluding hydrogens is 259 g/mol. The fraction of sp³-hybridized carbons (Fsp3) is 0.533. The molecule has 2 atom stereocenters. The normalized spacial score (nSPS) is 29.8. The van der Waals surface area contributed by atoms with Crippen LogP contribution < -0.4 is 5.32 Å². The van der Waals surface area contributed by atoms with E-state index in [1.807, 2.05) is 13.0 Å². The highest BCUT2D eigenvalue weighted by molar-refractivity contribution is 5.70. The second kappa shape index (κ2) is 5.05. The van der Waals surface area contributed by atoms with Gasteiger partial charge in [0.25, 0.3) is 0 Å². The van der Waals surface area contributed by atoms with Crippen molar-refractivity contribution in [3.63, 3.8) is 0 Å². The molecular formula is C15H19FN2O2. The van der Waals surface area contributed by atoms with Crippen LogP contribution in [0.3, 0.4) is 0 Å². The summed E-state index contributed by atoms with van der Waals surface area (Å²) in [6.45, 7) is 4.81. The zero-order chi connectivity index (χ0) is 14.2. The maximum absolute atomic E-state index is 13.2. The molecule has 0 bridgehead atoms. The molecule has 0 saturated carbocycles. The molecule has 20 heavy (non-hydrogen) atoms. The zero-order valence-corrected chi connectivity index (χ0v) is 11.6. The number of nitrogens with one attached hydrogen (secondary N) is 1. The van der Waals surface area contributed by atoms with Crippen molar-refractivity contribution in [2.75, 3.05) is 19.6 Å². The maximum Gasteiger partial charge on any atom is 0.410 e. The summed E-state index contributed by atoms with van der Waals surface area (Å²) in [6.07, 6.45) is 0.723. The third-order valence-corrected chi connectivity index (χ3v) is 4.27. The molecule has 2 unspecified atom stereocenters. The fourth-order valence-corrected chi connectivity index (χ4v) is 3.10. The van der Waals surface area contributed by atoms with E-state index in [1.54, 1.807) is 11.0 Å². The standard InChI is InChI=1S/C15H19FN2O2/c1-15(12-5-6-17-8-12)10-18(14(19)20-15)9-11-3-2-4-13(16)7-11/h2-4,7,12,17H,5-6,8-10H2,1H3. The molecule has 2 aliphatic heterocycles. The predicted octanol–water partition coefficient (Wildman–Crippen LogP) is 2.15. The van der Waals surface area contributed by atoms with Crippen LogP contribution in [0.5, 0.6) is 0 Å². The Kier molecular flexibility index (Phi) is 3.38. The number of benzene rings is 1. The Morgan fingerprint density at radius 3 is 3.10 bits per heavy atom. The molecule has 0 spiro atoms. The molecule has 2 fully saturated rings. The molecule has 1 aromatic carbocycles. The van der Waals surface area contributed by atoms with Crippen LogP contribution in [0, 0.1) is 11.7 Å². The quantitative estimate of drug-likeness (QED) is 0.921. The molecule has 0 radical (unpaired) electrons. The smallest absolute Gasteiger partial charge is 0.410 e. The van der Waals surface area contributed by atoms with Gasteiger partial charge >= 0.3 is 6.09 Å². The number of nitrogens with zero attached hydrogens (tertiary/aromatic N) is 1. The van der Waals surface area contributed by atoms with E-state index >= 15 is 0 Å². The van der Waals surface area contributed by atoms with Gasteiger partial charge < -0.3 is 10.1 Å². The van der Waals surface area contributed by atoms with Crippen LogP contribution >= 0.6 is 0 Å². The lowest BCUT2D eigenvalue weighted by Crippen LogP contribution is -2.40. The van der Waals surface area contributed by atoms with Crippen molar-refractivity contribution in [2.24, 2.45) is 5.92 Å². The van der Waals surface area contributed by atoms with E-state index in [1.165, 1.54) is 12.1 Å². The zero-order valence-electron chi connectivity index (χ0n) is 11.6. The maximum atomic E-state index is 13.2. The molecule has 3 rings (SSSR count). The van der Waals surface area contributed by atoms with Gasteiger partial charge in [-0.3, -0.25) is 4.90 Å². The van der Waals surface area contributed by atoms with Gasteiger partial charge in [0.1, 0.15) is 11.4 Å². The molecule has 2 aliphatic rings. The number of rotatable bonds is 3. The molecule has 1 amide bonds. The van der Waals surface area contributed by atoms with E-state index in [0.717, 1.165) is 25.1 Å². The molecule has 2 heterocycles. The first-order valence-electron chi connectivity index (χ1n) is 7.00. The van der Waals surface area contributed by atoms with Crippen molar-refractivity contribution in [2.45, 2.75) is 25.5 Å². The molecule has 108 valence electrons. The van der Waals surface area contributed by atoms with Gasteiger partial charge in [0.15, 0.2) is 0 Å². The van der Waals surface area contributed by atoms with E-state index in [0.29, 0.717) is 19.0 Å². The molecule has 5 heteroatoms. The number of ether oxygens (including phenoxy) is 1. The first kappa shape index (κ1) is 13.4. The Morgan fingerprint density at radius 2 is 2.40 bits per heavy atom. The molecule has 0 aliphatic carbocycles. The number of cyclic esters (lactones) is 1. The number of amides is 1. The van der Waals surface area contributed by atoms with Crippen molar-refractivity contribution in [3.8, 4) is 0 Å². The van der Waals surface area contributed by atoms with Crippen molar-refractivity contribution in [3.05, 3.63) is 35.6 Å². The summed E-state index contributed by atoms with van der Waals surface area (Å²) in [4.78, 5) is 13.7. The second-order valence-electron chi connectivity index (χ2n) is 5.86. The van der Waals surface area contributed by atoms with Crippen molar-refractivity contribution < 1.29 is 13.9 Å². The van der Waals surface area contributed by atoms with Gasteiger partial charge in [0.05, 0.1) is 6.54 Å². The number of carbonyl (C=O) groups excluding carboxylic acids is 1. The van der Waals surface area contributed by atoms with Gasteiger partial charge in [-0.2, -0.15) is 0 Å². The van der Waals surface area contributed by atoms with E-state index in [2.05, 4.69) is 5.32 Å². The lowest BCUT2D eigenvalue weighted by Gasteiger charge is -2.28. The van der Waals surface area contributed by atoms with E-state index < -0.39 is 5.60 Å². The highest BCUT2D eigenvalue weighted by Gasteiger charge is 2.47. The third-order valence-electron chi connectivity index (χ3n) is 4.27. The van der Waals surface area contributed by atoms with Crippen molar-refractivity contribution in [1.29, 1.82) is 0 Å². The highest BCUT2D eigenvalue weighted by Crippen LogP contribution is 2.34. The molecule has 1 aromatic rings. The summed E-state index contributed by atoms with van der Waals surface area (Å²) in [7, 11) is 0. The topological polar surface area (TPSA) is 41.6 Å². The predicted molar refractivity (Wildman–Crippen MR) is 72.7 cm³/mol. The third kappa shape index (κ3) is 2.50. The van der Waals surface area contributed by atoms with Gasteiger partial charge in [-0.05, 0) is 37.6 Å². The number of halogens is 1. The van der Waals surface area contributed by atoms with Crippen molar-refractivity contribution >= 4 is 6.09 Å². The second-order valence-corrected chi connectivity index (χ2v) is 5.86. The van der Waals surface area contributed by atoms with Crippen LogP contribution in [0.15, 0.2) is 24.3 Å². The Hall–Kier alpha value is -1.62. The minimum absolute atomic E-state index is 0.280. The average molecular weight is 278 g/mol. The largest absolute Gasteiger partial charge is 0.441 e. The lowest BCUT2D eigenvalue weighted by molar-refractivity contribution is 0.0287. The fourth-order valence-electron chi connectivity index (χ4n) is 3.10. The summed E-state index contributed by atoms with van der Waals surface area (Å²) < 4.78 is 18.8. The number of carbonyl (C=O) groups is 1. The van der Waals surface area contributed by atoms with Crippen LogP contribution in [0.2, 0.25) is 0 Å². The minimum atomic E-state index is -0.437. The summed E-state index contributed by atoms with van der Waals surface area (Å²) in [6, 6.07) is 6.34. The van der Waals surface area contributed by atoms with Crippen LogP contribution in [0.1, 0.15) is 18.9 Å². The van der Waals surface area contributed by atoms with Gasteiger partial charge in [-0.1, -0.05) is 12.1 Å². The first-order chi connectivity index (χ1) is 9.57.